The zero-order valence-corrected chi connectivity index (χ0v) is 19.9. The second-order valence-electron chi connectivity index (χ2n) is 8.42. The van der Waals surface area contributed by atoms with Gasteiger partial charge >= 0.3 is 5.97 Å². The van der Waals surface area contributed by atoms with Gasteiger partial charge in [-0.1, -0.05) is 35.8 Å². The van der Waals surface area contributed by atoms with Gasteiger partial charge in [-0.3, -0.25) is 14.9 Å². The number of nitrogens with zero attached hydrogens (tertiary/aromatic N) is 2. The Morgan fingerprint density at radius 2 is 1.83 bits per heavy atom. The van der Waals surface area contributed by atoms with Crippen molar-refractivity contribution >= 4 is 47.6 Å². The molecule has 2 N–H and O–H groups in total. The van der Waals surface area contributed by atoms with Crippen molar-refractivity contribution < 1.29 is 23.9 Å². The third-order valence-corrected chi connectivity index (χ3v) is 6.85. The maximum atomic E-state index is 14.2. The van der Waals surface area contributed by atoms with Crippen LogP contribution in [-0.2, 0) is 11.3 Å². The van der Waals surface area contributed by atoms with Gasteiger partial charge in [-0.05, 0) is 52.6 Å². The number of carboxylic acid groups (broad SMARTS) is 1. The van der Waals surface area contributed by atoms with Gasteiger partial charge < -0.3 is 10.0 Å². The molecule has 0 spiro atoms. The van der Waals surface area contributed by atoms with Gasteiger partial charge in [0.25, 0.3) is 11.8 Å². The molecule has 7 nitrogen and oxygen atoms in total. The van der Waals surface area contributed by atoms with Gasteiger partial charge in [0.1, 0.15) is 19.7 Å². The lowest BCUT2D eigenvalue weighted by Crippen LogP contribution is -2.40. The fourth-order valence-corrected chi connectivity index (χ4v) is 4.86. The summed E-state index contributed by atoms with van der Waals surface area (Å²) in [7, 11) is 1.77. The molecule has 1 aliphatic rings. The standard InChI is InChI=1S/C26H19BFN3O4S/c27-21-8-7-18(28)12-20(21)22(23(32)30-26-29-9-10-36-26)31-13-17-6-5-16(11-19(17)24(31)33)14-1-3-15(4-2-14)25(34)35/h1-12,22H,13,27H2,(H,34,35)(H,29,30,32). The van der Waals surface area contributed by atoms with E-state index in [0.717, 1.165) is 16.7 Å². The van der Waals surface area contributed by atoms with Crippen molar-refractivity contribution in [3.05, 3.63) is 100 Å². The third kappa shape index (κ3) is 4.38. The minimum atomic E-state index is -1.07. The smallest absolute Gasteiger partial charge is 0.335 e. The lowest BCUT2D eigenvalue weighted by Gasteiger charge is -2.28. The number of amides is 2. The Hall–Kier alpha value is -4.31. The number of carbonyl (C=O) groups is 3. The third-order valence-electron chi connectivity index (χ3n) is 6.17. The van der Waals surface area contributed by atoms with Crippen LogP contribution in [0.3, 0.4) is 0 Å². The molecular formula is C26H19BFN3O4S. The van der Waals surface area contributed by atoms with E-state index in [9.17, 15) is 18.8 Å². The first kappa shape index (κ1) is 23.4. The number of carbonyl (C=O) groups excluding carboxylic acids is 2. The van der Waals surface area contributed by atoms with Crippen LogP contribution >= 0.6 is 11.3 Å². The molecule has 3 aromatic carbocycles. The largest absolute Gasteiger partial charge is 0.478 e. The zero-order valence-electron chi connectivity index (χ0n) is 19.1. The van der Waals surface area contributed by atoms with Crippen molar-refractivity contribution in [3.63, 3.8) is 0 Å². The fourth-order valence-electron chi connectivity index (χ4n) is 4.33. The summed E-state index contributed by atoms with van der Waals surface area (Å²) in [6.45, 7) is 0.179. The highest BCUT2D eigenvalue weighted by molar-refractivity contribution is 7.13. The Balaban J connectivity index is 1.50. The zero-order chi connectivity index (χ0) is 25.4. The number of halogens is 1. The molecule has 0 aliphatic carbocycles. The Morgan fingerprint density at radius 1 is 1.08 bits per heavy atom. The van der Waals surface area contributed by atoms with Crippen LogP contribution in [0.15, 0.2) is 72.2 Å². The minimum absolute atomic E-state index is 0.168. The van der Waals surface area contributed by atoms with Crippen LogP contribution in [0.1, 0.15) is 37.9 Å². The predicted molar refractivity (Wildman–Crippen MR) is 137 cm³/mol. The first-order valence-corrected chi connectivity index (χ1v) is 11.9. The Bertz CT molecular complexity index is 1490. The van der Waals surface area contributed by atoms with E-state index in [4.69, 9.17) is 5.11 Å². The van der Waals surface area contributed by atoms with Crippen LogP contribution in [-0.4, -0.2) is 40.6 Å². The molecular weight excluding hydrogens is 480 g/mol. The van der Waals surface area contributed by atoms with Crippen molar-refractivity contribution in [2.24, 2.45) is 0 Å². The monoisotopic (exact) mass is 499 g/mol. The van der Waals surface area contributed by atoms with Crippen molar-refractivity contribution in [2.45, 2.75) is 12.6 Å². The van der Waals surface area contributed by atoms with E-state index in [1.807, 2.05) is 12.1 Å². The van der Waals surface area contributed by atoms with Crippen LogP contribution in [0.5, 0.6) is 0 Å². The van der Waals surface area contributed by atoms with Crippen molar-refractivity contribution in [3.8, 4) is 11.1 Å². The molecule has 0 saturated carbocycles. The molecule has 1 aromatic heterocycles. The van der Waals surface area contributed by atoms with Crippen molar-refractivity contribution in [1.29, 1.82) is 0 Å². The fraction of sp³-hybridized carbons (Fsp3) is 0.0769. The molecule has 1 atom stereocenters. The second-order valence-corrected chi connectivity index (χ2v) is 9.31. The molecule has 36 heavy (non-hydrogen) atoms. The summed E-state index contributed by atoms with van der Waals surface area (Å²) in [5.41, 5.74) is 3.93. The molecule has 178 valence electrons. The first-order valence-electron chi connectivity index (χ1n) is 11.1. The minimum Gasteiger partial charge on any atom is -0.478 e. The van der Waals surface area contributed by atoms with Crippen LogP contribution in [0.2, 0.25) is 0 Å². The summed E-state index contributed by atoms with van der Waals surface area (Å²) in [5.74, 6) is -2.35. The van der Waals surface area contributed by atoms with Gasteiger partial charge in [-0.2, -0.15) is 0 Å². The van der Waals surface area contributed by atoms with Gasteiger partial charge in [0.15, 0.2) is 5.13 Å². The average molecular weight is 499 g/mol. The summed E-state index contributed by atoms with van der Waals surface area (Å²) in [4.78, 5) is 43.7. The number of hydrogen-bond donors (Lipinski definition) is 2. The number of fused-ring (bicyclic) bond motifs is 1. The van der Waals surface area contributed by atoms with E-state index < -0.39 is 23.7 Å². The van der Waals surface area contributed by atoms with Gasteiger partial charge in [0.2, 0.25) is 0 Å². The number of aromatic carboxylic acids is 1. The van der Waals surface area contributed by atoms with E-state index in [1.165, 1.54) is 40.5 Å². The molecule has 10 heteroatoms. The molecule has 0 bridgehead atoms. The van der Waals surface area contributed by atoms with Gasteiger partial charge in [0.05, 0.1) is 5.56 Å². The topological polar surface area (TPSA) is 99.6 Å². The van der Waals surface area contributed by atoms with Crippen molar-refractivity contribution in [2.75, 3.05) is 5.32 Å². The van der Waals surface area contributed by atoms with Gasteiger partial charge in [-0.25, -0.2) is 14.2 Å². The van der Waals surface area contributed by atoms with Crippen LogP contribution in [0, 0.1) is 5.82 Å². The Morgan fingerprint density at radius 3 is 2.53 bits per heavy atom. The molecule has 1 unspecified atom stereocenters. The molecule has 0 fully saturated rings. The molecule has 1 aliphatic heterocycles. The molecule has 5 rings (SSSR count). The lowest BCUT2D eigenvalue weighted by molar-refractivity contribution is -0.120. The highest BCUT2D eigenvalue weighted by Crippen LogP contribution is 2.34. The molecule has 4 aromatic rings. The maximum absolute atomic E-state index is 14.2. The van der Waals surface area contributed by atoms with Crippen LogP contribution in [0.25, 0.3) is 11.1 Å². The van der Waals surface area contributed by atoms with E-state index in [-0.39, 0.29) is 18.0 Å². The number of rotatable bonds is 6. The molecule has 2 heterocycles. The number of aromatic nitrogens is 1. The second kappa shape index (κ2) is 9.39. The number of carboxylic acids is 1. The number of hydrogen-bond acceptors (Lipinski definition) is 5. The lowest BCUT2D eigenvalue weighted by atomic mass is 9.86. The quantitative estimate of drug-likeness (QED) is 0.397. The van der Waals surface area contributed by atoms with E-state index >= 15 is 0 Å². The van der Waals surface area contributed by atoms with Gasteiger partial charge in [0, 0.05) is 23.7 Å². The van der Waals surface area contributed by atoms with Crippen LogP contribution < -0.4 is 10.8 Å². The number of nitrogens with one attached hydrogen (secondary N) is 1. The number of anilines is 1. The van der Waals surface area contributed by atoms with Gasteiger partial charge in [-0.15, -0.1) is 11.3 Å². The predicted octanol–water partition coefficient (Wildman–Crippen LogP) is 3.24. The molecule has 2 amide bonds. The summed E-state index contributed by atoms with van der Waals surface area (Å²) >= 11 is 1.25. The normalized spacial score (nSPS) is 13.4. The van der Waals surface area contributed by atoms with E-state index in [1.54, 1.807) is 43.7 Å². The maximum Gasteiger partial charge on any atom is 0.335 e. The van der Waals surface area contributed by atoms with E-state index in [0.29, 0.717) is 21.7 Å². The highest BCUT2D eigenvalue weighted by Gasteiger charge is 2.38. The van der Waals surface area contributed by atoms with E-state index in [2.05, 4.69) is 10.3 Å². The Labute approximate surface area is 210 Å². The summed E-state index contributed by atoms with van der Waals surface area (Å²) < 4.78 is 14.2. The summed E-state index contributed by atoms with van der Waals surface area (Å²) in [6, 6.07) is 14.9. The SMILES string of the molecule is Bc1ccc(F)cc1C(C(=O)Nc1nccs1)N1Cc2ccc(-c3ccc(C(=O)O)cc3)cc2C1=O. The summed E-state index contributed by atoms with van der Waals surface area (Å²) in [5, 5.41) is 14.0. The summed E-state index contributed by atoms with van der Waals surface area (Å²) in [6.07, 6.45) is 1.56. The molecule has 0 radical (unpaired) electrons. The number of thiazole rings is 1. The van der Waals surface area contributed by atoms with Crippen molar-refractivity contribution in [1.82, 2.24) is 9.88 Å². The highest BCUT2D eigenvalue weighted by atomic mass is 32.1. The Kier molecular flexibility index (Phi) is 6.11. The first-order chi connectivity index (χ1) is 17.3. The molecule has 0 saturated heterocycles. The number of benzene rings is 3. The average Bonchev–Trinajstić information content (AvgIpc) is 3.49. The van der Waals surface area contributed by atoms with Crippen LogP contribution in [0.4, 0.5) is 9.52 Å².